The molecule has 7 heteroatoms. The molecule has 0 saturated carbocycles. The van der Waals surface area contributed by atoms with Crippen LogP contribution in [0, 0.1) is 0 Å². The molecule has 0 aromatic carbocycles. The molecular weight excluding hydrogens is 168 g/mol. The summed E-state index contributed by atoms with van der Waals surface area (Å²) in [6, 6.07) is 0. The first-order valence-electron chi connectivity index (χ1n) is 1.98. The summed E-state index contributed by atoms with van der Waals surface area (Å²) >= 11 is 0. The van der Waals surface area contributed by atoms with Crippen LogP contribution in [0.25, 0.3) is 0 Å². The van der Waals surface area contributed by atoms with Crippen LogP contribution in [-0.4, -0.2) is 25.1 Å². The van der Waals surface area contributed by atoms with Gasteiger partial charge in [0.2, 0.25) is 0 Å². The molecule has 5 nitrogen and oxygen atoms in total. The molecule has 0 N–H and O–H groups in total. The largest absolute Gasteiger partial charge is 0.426 e. The maximum Gasteiger partial charge on any atom is 0.426 e. The highest BCUT2D eigenvalue weighted by atomic mass is 32.4. The normalized spacial score (nSPS) is 39.6. The molecule has 0 amide bonds. The van der Waals surface area contributed by atoms with Gasteiger partial charge in [0.1, 0.15) is 9.63 Å². The topological polar surface area (TPSA) is 69.7 Å². The van der Waals surface area contributed by atoms with Gasteiger partial charge in [0.05, 0.1) is 0 Å². The van der Waals surface area contributed by atoms with Crippen molar-refractivity contribution in [2.45, 2.75) is 0 Å². The third-order valence-electron chi connectivity index (χ3n) is 0.550. The van der Waals surface area contributed by atoms with Gasteiger partial charge in [0.15, 0.2) is 0 Å². The Bertz CT molecular complexity index is 273. The lowest BCUT2D eigenvalue weighted by atomic mass is 11.9. The van der Waals surface area contributed by atoms with Crippen molar-refractivity contribution in [1.82, 2.24) is 0 Å². The van der Waals surface area contributed by atoms with Crippen molar-refractivity contribution in [3.63, 3.8) is 0 Å². The van der Waals surface area contributed by atoms with E-state index in [4.69, 9.17) is 0 Å². The first-order chi connectivity index (χ1) is 3.68. The van der Waals surface area contributed by atoms with E-state index >= 15 is 0 Å². The van der Waals surface area contributed by atoms with Crippen LogP contribution in [0.5, 0.6) is 0 Å². The second kappa shape index (κ2) is 1.22. The van der Waals surface area contributed by atoms with Crippen molar-refractivity contribution in [2.75, 3.05) is 12.5 Å². The molecule has 0 aliphatic carbocycles. The van der Waals surface area contributed by atoms with Crippen LogP contribution in [0.1, 0.15) is 0 Å². The molecule has 1 saturated heterocycles. The summed E-state index contributed by atoms with van der Waals surface area (Å²) in [4.78, 5) is 0. The summed E-state index contributed by atoms with van der Waals surface area (Å²) in [7, 11) is -7.57. The minimum Gasteiger partial charge on any atom is -0.230 e. The maximum atomic E-state index is 10.8. The Balaban J connectivity index is 3.00. The first kappa shape index (κ1) is 7.13. The zero-order chi connectivity index (χ0) is 7.36. The lowest BCUT2D eigenvalue weighted by Crippen LogP contribution is -2.49. The smallest absolute Gasteiger partial charge is 0.230 e. The van der Waals surface area contributed by atoms with Crippen LogP contribution in [0.3, 0.4) is 0 Å². The fourth-order valence-electron chi connectivity index (χ4n) is 0.475. The van der Waals surface area contributed by atoms with Gasteiger partial charge in [-0.15, -0.1) is 7.26 Å². The highest BCUT2D eigenvalue weighted by molar-refractivity contribution is 8.25. The minimum absolute atomic E-state index is 1.10. The zero-order valence-electron chi connectivity index (χ0n) is 4.86. The number of rotatable bonds is 0. The van der Waals surface area contributed by atoms with Gasteiger partial charge in [-0.05, 0) is 0 Å². The summed E-state index contributed by atoms with van der Waals surface area (Å²) < 4.78 is 39.0. The standard InChI is InChI=1S/C2H6O5S2/c1-9(2,5)6-8(3,4)7-9/h1-2H3. The molecule has 0 aromatic heterocycles. The van der Waals surface area contributed by atoms with Crippen LogP contribution < -0.4 is 0 Å². The average Bonchev–Trinajstić information content (AvgIpc) is 1.14. The highest BCUT2D eigenvalue weighted by Gasteiger charge is 2.49. The molecule has 9 heavy (non-hydrogen) atoms. The Kier molecular flexibility index (Phi) is 0.964. The zero-order valence-corrected chi connectivity index (χ0v) is 6.49. The molecular formula is C2H6O5S2. The second-order valence-electron chi connectivity index (χ2n) is 2.16. The van der Waals surface area contributed by atoms with Crippen molar-refractivity contribution in [3.8, 4) is 0 Å². The van der Waals surface area contributed by atoms with Gasteiger partial charge in [0.25, 0.3) is 0 Å². The van der Waals surface area contributed by atoms with E-state index in [2.05, 4.69) is 7.26 Å². The van der Waals surface area contributed by atoms with Crippen LogP contribution >= 0.6 is 0 Å². The molecule has 0 atom stereocenters. The van der Waals surface area contributed by atoms with Gasteiger partial charge in [-0.3, -0.25) is 0 Å². The molecule has 1 fully saturated rings. The summed E-state index contributed by atoms with van der Waals surface area (Å²) in [6.45, 7) is 0. The molecule has 1 rings (SSSR count). The lowest BCUT2D eigenvalue weighted by Gasteiger charge is -2.38. The fraction of sp³-hybridized carbons (Fsp3) is 1.00. The molecule has 0 aromatic rings. The van der Waals surface area contributed by atoms with Gasteiger partial charge >= 0.3 is 10.4 Å². The van der Waals surface area contributed by atoms with E-state index in [0.29, 0.717) is 0 Å². The van der Waals surface area contributed by atoms with E-state index in [-0.39, 0.29) is 0 Å². The monoisotopic (exact) mass is 174 g/mol. The molecule has 56 valence electrons. The third-order valence-corrected chi connectivity index (χ3v) is 4.95. The van der Waals surface area contributed by atoms with Gasteiger partial charge in [0, 0.05) is 12.5 Å². The lowest BCUT2D eigenvalue weighted by molar-refractivity contribution is 0.303. The summed E-state index contributed by atoms with van der Waals surface area (Å²) in [6.07, 6.45) is 2.19. The molecule has 0 unspecified atom stereocenters. The Morgan fingerprint density at radius 2 is 1.56 bits per heavy atom. The Morgan fingerprint density at radius 1 is 1.22 bits per heavy atom. The van der Waals surface area contributed by atoms with Gasteiger partial charge < -0.3 is 0 Å². The van der Waals surface area contributed by atoms with Crippen LogP contribution in [-0.2, 0) is 27.3 Å². The first-order valence-corrected chi connectivity index (χ1v) is 5.95. The Morgan fingerprint density at radius 3 is 1.56 bits per heavy atom. The molecule has 0 bridgehead atoms. The van der Waals surface area contributed by atoms with E-state index < -0.39 is 20.0 Å². The van der Waals surface area contributed by atoms with Crippen molar-refractivity contribution < 1.29 is 19.9 Å². The van der Waals surface area contributed by atoms with Gasteiger partial charge in [-0.25, -0.2) is 4.21 Å². The quantitative estimate of drug-likeness (QED) is 0.480. The van der Waals surface area contributed by atoms with Crippen LogP contribution in [0.4, 0.5) is 0 Å². The summed E-state index contributed by atoms with van der Waals surface area (Å²) in [5.74, 6) is 0. The van der Waals surface area contributed by atoms with Crippen molar-refractivity contribution >= 4 is 20.0 Å². The van der Waals surface area contributed by atoms with E-state index in [1.807, 2.05) is 0 Å². The van der Waals surface area contributed by atoms with E-state index in [9.17, 15) is 12.6 Å². The van der Waals surface area contributed by atoms with E-state index in [1.54, 1.807) is 0 Å². The number of hydrogen-bond donors (Lipinski definition) is 0. The molecule has 1 aliphatic heterocycles. The van der Waals surface area contributed by atoms with Crippen LogP contribution in [0.15, 0.2) is 0 Å². The second-order valence-corrected chi connectivity index (χ2v) is 7.29. The van der Waals surface area contributed by atoms with Gasteiger partial charge in [-0.2, -0.15) is 8.42 Å². The van der Waals surface area contributed by atoms with Crippen molar-refractivity contribution in [1.29, 1.82) is 0 Å². The van der Waals surface area contributed by atoms with Gasteiger partial charge in [-0.1, -0.05) is 0 Å². The minimum atomic E-state index is -3.91. The Labute approximate surface area is 53.1 Å². The highest BCUT2D eigenvalue weighted by Crippen LogP contribution is 2.37. The Hall–Kier alpha value is 0.0200. The molecule has 1 aliphatic rings. The predicted octanol–water partition coefficient (Wildman–Crippen LogP) is -0.812. The third kappa shape index (κ3) is 1.48. The van der Waals surface area contributed by atoms with Crippen molar-refractivity contribution in [2.24, 2.45) is 0 Å². The summed E-state index contributed by atoms with van der Waals surface area (Å²) in [5, 5.41) is 0. The van der Waals surface area contributed by atoms with Crippen molar-refractivity contribution in [3.05, 3.63) is 0 Å². The number of hydrogen-bond acceptors (Lipinski definition) is 5. The van der Waals surface area contributed by atoms with E-state index in [0.717, 1.165) is 12.5 Å². The SMILES string of the molecule is CS1(C)(=O)OS(=O)(=O)O1. The average molecular weight is 174 g/mol. The molecule has 0 spiro atoms. The van der Waals surface area contributed by atoms with E-state index in [1.165, 1.54) is 0 Å². The predicted molar refractivity (Wildman–Crippen MR) is 31.1 cm³/mol. The summed E-state index contributed by atoms with van der Waals surface area (Å²) in [5.41, 5.74) is 0. The molecule has 1 heterocycles. The van der Waals surface area contributed by atoms with Crippen LogP contribution in [0.2, 0.25) is 0 Å². The maximum absolute atomic E-state index is 10.8. The molecule has 0 radical (unpaired) electrons. The fourth-order valence-corrected chi connectivity index (χ4v) is 4.27.